The average Bonchev–Trinajstić information content (AvgIpc) is 2.36. The summed E-state index contributed by atoms with van der Waals surface area (Å²) in [5, 5.41) is 0. The van der Waals surface area contributed by atoms with Crippen molar-refractivity contribution in [2.24, 2.45) is 11.8 Å². The second-order valence-corrected chi connectivity index (χ2v) is 5.09. The molecule has 1 rings (SSSR count). The molecule has 0 saturated heterocycles. The van der Waals surface area contributed by atoms with E-state index in [0.29, 0.717) is 5.92 Å². The molecule has 3 heteroatoms. The van der Waals surface area contributed by atoms with Crippen molar-refractivity contribution in [3.05, 3.63) is 29.3 Å². The highest BCUT2D eigenvalue weighted by molar-refractivity contribution is 5.39. The van der Waals surface area contributed by atoms with Gasteiger partial charge in [-0.3, -0.25) is 11.3 Å². The first-order valence-corrected chi connectivity index (χ1v) is 6.73. The highest BCUT2D eigenvalue weighted by Crippen LogP contribution is 2.30. The molecule has 0 spiro atoms. The zero-order chi connectivity index (χ0) is 13.5. The van der Waals surface area contributed by atoms with Crippen molar-refractivity contribution in [2.45, 2.75) is 46.1 Å². The first-order chi connectivity index (χ1) is 8.62. The molecular formula is C15H26N2O. The topological polar surface area (TPSA) is 47.3 Å². The number of methoxy groups -OCH3 is 1. The van der Waals surface area contributed by atoms with Crippen LogP contribution in [0.5, 0.6) is 5.75 Å². The Bertz CT molecular complexity index is 366. The summed E-state index contributed by atoms with van der Waals surface area (Å²) in [5.41, 5.74) is 5.32. The standard InChI is InChI=1S/C15H26N2O/c1-5-6-11(2)10-14(17-16)13-9-12(3)7-8-15(13)18-4/h7-9,11,14,17H,5-6,10,16H2,1-4H3. The smallest absolute Gasteiger partial charge is 0.123 e. The molecule has 1 aromatic rings. The third-order valence-corrected chi connectivity index (χ3v) is 3.38. The van der Waals surface area contributed by atoms with Crippen molar-refractivity contribution in [1.82, 2.24) is 5.43 Å². The lowest BCUT2D eigenvalue weighted by Gasteiger charge is -2.22. The van der Waals surface area contributed by atoms with E-state index < -0.39 is 0 Å². The summed E-state index contributed by atoms with van der Waals surface area (Å²) in [5.74, 6) is 7.28. The van der Waals surface area contributed by atoms with Crippen LogP contribution < -0.4 is 16.0 Å². The molecule has 0 amide bonds. The SMILES string of the molecule is CCCC(C)CC(NN)c1cc(C)ccc1OC. The first kappa shape index (κ1) is 15.0. The number of rotatable bonds is 7. The second kappa shape index (κ2) is 7.39. The maximum Gasteiger partial charge on any atom is 0.123 e. The predicted octanol–water partition coefficient (Wildman–Crippen LogP) is 3.33. The Morgan fingerprint density at radius 3 is 2.67 bits per heavy atom. The van der Waals surface area contributed by atoms with E-state index in [2.05, 4.69) is 38.3 Å². The van der Waals surface area contributed by atoms with E-state index in [-0.39, 0.29) is 6.04 Å². The van der Waals surface area contributed by atoms with Crippen molar-refractivity contribution in [3.63, 3.8) is 0 Å². The summed E-state index contributed by atoms with van der Waals surface area (Å²) >= 11 is 0. The third-order valence-electron chi connectivity index (χ3n) is 3.38. The minimum atomic E-state index is 0.154. The van der Waals surface area contributed by atoms with E-state index in [4.69, 9.17) is 10.6 Å². The minimum absolute atomic E-state index is 0.154. The lowest BCUT2D eigenvalue weighted by molar-refractivity contribution is 0.367. The molecule has 3 N–H and O–H groups in total. The van der Waals surface area contributed by atoms with Gasteiger partial charge in [0.1, 0.15) is 5.75 Å². The number of aryl methyl sites for hydroxylation is 1. The van der Waals surface area contributed by atoms with Crippen LogP contribution in [0.3, 0.4) is 0 Å². The quantitative estimate of drug-likeness (QED) is 0.576. The molecule has 2 atom stereocenters. The van der Waals surface area contributed by atoms with Crippen LogP contribution in [0, 0.1) is 12.8 Å². The predicted molar refractivity (Wildman–Crippen MR) is 76.5 cm³/mol. The zero-order valence-electron chi connectivity index (χ0n) is 12.0. The van der Waals surface area contributed by atoms with Crippen LogP contribution >= 0.6 is 0 Å². The highest BCUT2D eigenvalue weighted by atomic mass is 16.5. The summed E-state index contributed by atoms with van der Waals surface area (Å²) in [6, 6.07) is 6.38. The molecule has 0 aliphatic rings. The van der Waals surface area contributed by atoms with E-state index in [9.17, 15) is 0 Å². The van der Waals surface area contributed by atoms with Gasteiger partial charge < -0.3 is 4.74 Å². The third kappa shape index (κ3) is 4.00. The van der Waals surface area contributed by atoms with Gasteiger partial charge in [0.25, 0.3) is 0 Å². The number of nitrogens with two attached hydrogens (primary N) is 1. The molecule has 3 nitrogen and oxygen atoms in total. The van der Waals surface area contributed by atoms with E-state index in [1.807, 2.05) is 6.07 Å². The van der Waals surface area contributed by atoms with Gasteiger partial charge in [-0.2, -0.15) is 0 Å². The normalized spacial score (nSPS) is 14.3. The summed E-state index contributed by atoms with van der Waals surface area (Å²) in [6.07, 6.45) is 3.47. The lowest BCUT2D eigenvalue weighted by Crippen LogP contribution is -2.29. The Hall–Kier alpha value is -1.06. The number of hydrogen-bond donors (Lipinski definition) is 2. The number of hydrogen-bond acceptors (Lipinski definition) is 3. The van der Waals surface area contributed by atoms with Crippen molar-refractivity contribution in [1.29, 1.82) is 0 Å². The van der Waals surface area contributed by atoms with Gasteiger partial charge in [-0.1, -0.05) is 44.4 Å². The molecule has 2 unspecified atom stereocenters. The molecule has 0 radical (unpaired) electrons. The molecule has 0 heterocycles. The largest absolute Gasteiger partial charge is 0.496 e. The molecule has 0 aromatic heterocycles. The Morgan fingerprint density at radius 1 is 1.39 bits per heavy atom. The van der Waals surface area contributed by atoms with Crippen LogP contribution in [-0.4, -0.2) is 7.11 Å². The second-order valence-electron chi connectivity index (χ2n) is 5.09. The summed E-state index contributed by atoms with van der Waals surface area (Å²) < 4.78 is 5.43. The molecule has 0 fully saturated rings. The van der Waals surface area contributed by atoms with Gasteiger partial charge in [0, 0.05) is 11.6 Å². The van der Waals surface area contributed by atoms with Crippen molar-refractivity contribution < 1.29 is 4.74 Å². The van der Waals surface area contributed by atoms with Crippen molar-refractivity contribution in [2.75, 3.05) is 7.11 Å². The van der Waals surface area contributed by atoms with Crippen LogP contribution in [0.2, 0.25) is 0 Å². The fourth-order valence-electron chi connectivity index (χ4n) is 2.42. The molecule has 0 saturated carbocycles. The van der Waals surface area contributed by atoms with Gasteiger partial charge in [0.05, 0.1) is 7.11 Å². The molecule has 0 aliphatic carbocycles. The monoisotopic (exact) mass is 250 g/mol. The lowest BCUT2D eigenvalue weighted by atomic mass is 9.92. The van der Waals surface area contributed by atoms with Gasteiger partial charge in [-0.25, -0.2) is 0 Å². The van der Waals surface area contributed by atoms with Crippen LogP contribution in [0.25, 0.3) is 0 Å². The van der Waals surface area contributed by atoms with Gasteiger partial charge in [-0.15, -0.1) is 0 Å². The average molecular weight is 250 g/mol. The highest BCUT2D eigenvalue weighted by Gasteiger charge is 2.17. The Morgan fingerprint density at radius 2 is 2.11 bits per heavy atom. The van der Waals surface area contributed by atoms with Crippen LogP contribution in [0.15, 0.2) is 18.2 Å². The number of nitrogens with one attached hydrogen (secondary N) is 1. The summed E-state index contributed by atoms with van der Waals surface area (Å²) in [4.78, 5) is 0. The Kier molecular flexibility index (Phi) is 6.16. The number of hydrazine groups is 1. The van der Waals surface area contributed by atoms with E-state index >= 15 is 0 Å². The Balaban J connectivity index is 2.89. The minimum Gasteiger partial charge on any atom is -0.496 e. The molecule has 1 aromatic carbocycles. The number of ether oxygens (including phenoxy) is 1. The molecule has 18 heavy (non-hydrogen) atoms. The van der Waals surface area contributed by atoms with Crippen molar-refractivity contribution in [3.8, 4) is 5.75 Å². The first-order valence-electron chi connectivity index (χ1n) is 6.73. The maximum atomic E-state index is 5.72. The van der Waals surface area contributed by atoms with Gasteiger partial charge in [-0.05, 0) is 25.3 Å². The summed E-state index contributed by atoms with van der Waals surface area (Å²) in [7, 11) is 1.71. The molecule has 0 aliphatic heterocycles. The van der Waals surface area contributed by atoms with E-state index in [1.165, 1.54) is 18.4 Å². The van der Waals surface area contributed by atoms with Crippen LogP contribution in [0.1, 0.15) is 50.3 Å². The maximum absolute atomic E-state index is 5.72. The summed E-state index contributed by atoms with van der Waals surface area (Å²) in [6.45, 7) is 6.58. The van der Waals surface area contributed by atoms with Crippen LogP contribution in [-0.2, 0) is 0 Å². The molecular weight excluding hydrogens is 224 g/mol. The zero-order valence-corrected chi connectivity index (χ0v) is 12.0. The Labute approximate surface area is 111 Å². The van der Waals surface area contributed by atoms with Gasteiger partial charge >= 0.3 is 0 Å². The van der Waals surface area contributed by atoms with Crippen LogP contribution in [0.4, 0.5) is 0 Å². The molecule has 102 valence electrons. The van der Waals surface area contributed by atoms with Gasteiger partial charge in [0.2, 0.25) is 0 Å². The number of benzene rings is 1. The van der Waals surface area contributed by atoms with E-state index in [1.54, 1.807) is 7.11 Å². The molecule has 0 bridgehead atoms. The van der Waals surface area contributed by atoms with E-state index in [0.717, 1.165) is 17.7 Å². The van der Waals surface area contributed by atoms with Crippen molar-refractivity contribution >= 4 is 0 Å². The fourth-order valence-corrected chi connectivity index (χ4v) is 2.42. The van der Waals surface area contributed by atoms with Gasteiger partial charge in [0.15, 0.2) is 0 Å². The fraction of sp³-hybridized carbons (Fsp3) is 0.600.